The van der Waals surface area contributed by atoms with Crippen molar-refractivity contribution in [1.82, 2.24) is 0 Å². The second kappa shape index (κ2) is 4.83. The van der Waals surface area contributed by atoms with Gasteiger partial charge in [-0.3, -0.25) is 0 Å². The van der Waals surface area contributed by atoms with Gasteiger partial charge in [-0.2, -0.15) is 0 Å². The minimum atomic E-state index is 0.943. The Morgan fingerprint density at radius 3 is 2.47 bits per heavy atom. The Morgan fingerprint density at radius 2 is 1.88 bits per heavy atom. The Morgan fingerprint density at radius 1 is 1.12 bits per heavy atom. The van der Waals surface area contributed by atoms with Crippen molar-refractivity contribution in [2.24, 2.45) is 0 Å². The van der Waals surface area contributed by atoms with E-state index in [-0.39, 0.29) is 0 Å². The summed E-state index contributed by atoms with van der Waals surface area (Å²) in [6, 6.07) is 6.56. The summed E-state index contributed by atoms with van der Waals surface area (Å²) in [5.41, 5.74) is 8.29. The van der Waals surface area contributed by atoms with E-state index in [9.17, 15) is 0 Å². The second-order valence-electron chi connectivity index (χ2n) is 5.02. The van der Waals surface area contributed by atoms with Crippen molar-refractivity contribution in [3.8, 4) is 0 Å². The fourth-order valence-electron chi connectivity index (χ4n) is 2.38. The Hall–Kier alpha value is -1.44. The summed E-state index contributed by atoms with van der Waals surface area (Å²) in [5, 5.41) is 3.54. The number of hydrogen-bond acceptors (Lipinski definition) is 1. The minimum Gasteiger partial charge on any atom is -0.381 e. The van der Waals surface area contributed by atoms with Gasteiger partial charge in [0.2, 0.25) is 0 Å². The van der Waals surface area contributed by atoms with E-state index in [1.807, 2.05) is 0 Å². The third-order valence-corrected chi connectivity index (χ3v) is 3.54. The maximum absolute atomic E-state index is 3.54. The SMILES string of the molecule is CC1=CBC(C)=C1CNc1ccc(C)cc1C. The zero-order valence-electron chi connectivity index (χ0n) is 11.2. The molecule has 0 aromatic heterocycles. The van der Waals surface area contributed by atoms with E-state index in [1.54, 1.807) is 0 Å². The lowest BCUT2D eigenvalue weighted by molar-refractivity contribution is 1.18. The lowest BCUT2D eigenvalue weighted by Gasteiger charge is -2.13. The van der Waals surface area contributed by atoms with Crippen LogP contribution in [-0.2, 0) is 0 Å². The maximum Gasteiger partial charge on any atom is 0.178 e. The van der Waals surface area contributed by atoms with Crippen molar-refractivity contribution in [1.29, 1.82) is 0 Å². The standard InChI is InChI=1S/C15H20BN/c1-10-5-6-15(11(2)7-10)17-9-14-12(3)8-16-13(14)4/h5-8,16-17H,9H2,1-4H3. The summed E-state index contributed by atoms with van der Waals surface area (Å²) < 4.78 is 0. The first-order chi connectivity index (χ1) is 8.08. The fraction of sp³-hybridized carbons (Fsp3) is 0.333. The topological polar surface area (TPSA) is 12.0 Å². The lowest BCUT2D eigenvalue weighted by Crippen LogP contribution is -2.07. The molecule has 0 aliphatic carbocycles. The normalized spacial score (nSPS) is 14.7. The molecule has 1 aromatic rings. The first-order valence-corrected chi connectivity index (χ1v) is 6.25. The third kappa shape index (κ3) is 2.63. The van der Waals surface area contributed by atoms with Crippen LogP contribution in [0.2, 0.25) is 0 Å². The summed E-state index contributed by atoms with van der Waals surface area (Å²) in [4.78, 5) is 0. The molecule has 88 valence electrons. The van der Waals surface area contributed by atoms with Gasteiger partial charge >= 0.3 is 0 Å². The predicted molar refractivity (Wildman–Crippen MR) is 78.0 cm³/mol. The quantitative estimate of drug-likeness (QED) is 0.778. The number of nitrogens with one attached hydrogen (secondary N) is 1. The van der Waals surface area contributed by atoms with Gasteiger partial charge in [-0.1, -0.05) is 35.7 Å². The Bertz CT molecular complexity index is 498. The highest BCUT2D eigenvalue weighted by Crippen LogP contribution is 2.22. The molecule has 1 heterocycles. The number of aryl methyl sites for hydroxylation is 2. The Labute approximate surface area is 105 Å². The minimum absolute atomic E-state index is 0.943. The summed E-state index contributed by atoms with van der Waals surface area (Å²) in [7, 11) is 1.12. The molecular weight excluding hydrogens is 205 g/mol. The Kier molecular flexibility index (Phi) is 3.42. The van der Waals surface area contributed by atoms with Gasteiger partial charge in [0, 0.05) is 12.2 Å². The van der Waals surface area contributed by atoms with E-state index >= 15 is 0 Å². The highest BCUT2D eigenvalue weighted by molar-refractivity contribution is 6.53. The van der Waals surface area contributed by atoms with Gasteiger partial charge in [0.25, 0.3) is 0 Å². The molecule has 0 unspecified atom stereocenters. The number of hydrogen-bond donors (Lipinski definition) is 1. The van der Waals surface area contributed by atoms with Crippen molar-refractivity contribution in [2.45, 2.75) is 27.7 Å². The predicted octanol–water partition coefficient (Wildman–Crippen LogP) is 3.34. The summed E-state index contributed by atoms with van der Waals surface area (Å²) in [6.45, 7) is 9.67. The molecule has 0 spiro atoms. The van der Waals surface area contributed by atoms with E-state index in [4.69, 9.17) is 0 Å². The molecule has 1 aliphatic rings. The highest BCUT2D eigenvalue weighted by atomic mass is 14.9. The summed E-state index contributed by atoms with van der Waals surface area (Å²) in [5.74, 6) is 2.31. The van der Waals surface area contributed by atoms with E-state index in [1.165, 1.54) is 33.4 Å². The molecule has 1 aliphatic heterocycles. The van der Waals surface area contributed by atoms with Gasteiger partial charge in [-0.25, -0.2) is 0 Å². The van der Waals surface area contributed by atoms with Crippen molar-refractivity contribution < 1.29 is 0 Å². The van der Waals surface area contributed by atoms with Gasteiger partial charge in [0.15, 0.2) is 7.28 Å². The molecule has 0 bridgehead atoms. The van der Waals surface area contributed by atoms with Gasteiger partial charge in [-0.15, -0.1) is 5.98 Å². The van der Waals surface area contributed by atoms with E-state index in [0.717, 1.165) is 13.8 Å². The van der Waals surface area contributed by atoms with Crippen LogP contribution < -0.4 is 5.32 Å². The average molecular weight is 225 g/mol. The number of benzene rings is 1. The van der Waals surface area contributed by atoms with Gasteiger partial charge in [-0.05, 0) is 38.0 Å². The van der Waals surface area contributed by atoms with Crippen LogP contribution in [0.25, 0.3) is 0 Å². The number of allylic oxidation sites excluding steroid dienone is 1. The molecule has 0 fully saturated rings. The van der Waals surface area contributed by atoms with Crippen LogP contribution in [0, 0.1) is 13.8 Å². The van der Waals surface area contributed by atoms with E-state index < -0.39 is 0 Å². The molecule has 2 rings (SSSR count). The highest BCUT2D eigenvalue weighted by Gasteiger charge is 2.11. The van der Waals surface area contributed by atoms with Crippen LogP contribution in [0.1, 0.15) is 25.0 Å². The van der Waals surface area contributed by atoms with Crippen molar-refractivity contribution in [3.63, 3.8) is 0 Å². The monoisotopic (exact) mass is 225 g/mol. The van der Waals surface area contributed by atoms with E-state index in [2.05, 4.69) is 57.2 Å². The van der Waals surface area contributed by atoms with Crippen LogP contribution in [0.4, 0.5) is 5.69 Å². The van der Waals surface area contributed by atoms with Crippen molar-refractivity contribution in [2.75, 3.05) is 11.9 Å². The zero-order valence-corrected chi connectivity index (χ0v) is 11.2. The average Bonchev–Trinajstić information content (AvgIpc) is 2.58. The summed E-state index contributed by atoms with van der Waals surface area (Å²) >= 11 is 0. The fourth-order valence-corrected chi connectivity index (χ4v) is 2.38. The van der Waals surface area contributed by atoms with Crippen LogP contribution in [0.3, 0.4) is 0 Å². The van der Waals surface area contributed by atoms with Crippen molar-refractivity contribution in [3.05, 3.63) is 51.9 Å². The van der Waals surface area contributed by atoms with Gasteiger partial charge in [0.1, 0.15) is 0 Å². The van der Waals surface area contributed by atoms with E-state index in [0.29, 0.717) is 0 Å². The lowest BCUT2D eigenvalue weighted by atomic mass is 9.73. The van der Waals surface area contributed by atoms with Crippen LogP contribution >= 0.6 is 0 Å². The molecule has 1 aromatic carbocycles. The smallest absolute Gasteiger partial charge is 0.178 e. The molecule has 17 heavy (non-hydrogen) atoms. The first-order valence-electron chi connectivity index (χ1n) is 6.25. The number of anilines is 1. The molecule has 0 saturated carbocycles. The van der Waals surface area contributed by atoms with Crippen LogP contribution in [0.5, 0.6) is 0 Å². The van der Waals surface area contributed by atoms with Crippen LogP contribution in [0.15, 0.2) is 40.8 Å². The number of rotatable bonds is 3. The summed E-state index contributed by atoms with van der Waals surface area (Å²) in [6.07, 6.45) is 0. The largest absolute Gasteiger partial charge is 0.381 e. The Balaban J connectivity index is 2.08. The maximum atomic E-state index is 3.54. The van der Waals surface area contributed by atoms with Gasteiger partial charge < -0.3 is 5.32 Å². The first kappa shape index (κ1) is 12.0. The molecule has 0 amide bonds. The molecule has 1 N–H and O–H groups in total. The molecule has 0 saturated heterocycles. The van der Waals surface area contributed by atoms with Gasteiger partial charge in [0.05, 0.1) is 0 Å². The zero-order chi connectivity index (χ0) is 12.4. The van der Waals surface area contributed by atoms with Crippen LogP contribution in [-0.4, -0.2) is 13.8 Å². The second-order valence-corrected chi connectivity index (χ2v) is 5.02. The molecule has 0 atom stereocenters. The molecular formula is C15H20BN. The molecule has 2 heteroatoms. The third-order valence-electron chi connectivity index (χ3n) is 3.54. The molecule has 1 nitrogen and oxygen atoms in total. The molecule has 0 radical (unpaired) electrons. The van der Waals surface area contributed by atoms with Crippen molar-refractivity contribution >= 4 is 13.0 Å².